The zero-order chi connectivity index (χ0) is 16.1. The molecule has 0 aromatic heterocycles. The molecule has 2 N–H and O–H groups in total. The average molecular weight is 310 g/mol. The summed E-state index contributed by atoms with van der Waals surface area (Å²) in [5, 5.41) is 0. The van der Waals surface area contributed by atoms with E-state index in [0.717, 1.165) is 25.9 Å². The summed E-state index contributed by atoms with van der Waals surface area (Å²) in [7, 11) is 3.56. The van der Waals surface area contributed by atoms with Gasteiger partial charge < -0.3 is 15.5 Å². The lowest BCUT2D eigenvalue weighted by molar-refractivity contribution is 0.287. The highest BCUT2D eigenvalue weighted by Gasteiger charge is 2.22. The Bertz CT molecular complexity index is 505. The molecule has 1 saturated heterocycles. The Morgan fingerprint density at radius 3 is 2.36 bits per heavy atom. The third-order valence-electron chi connectivity index (χ3n) is 4.06. The van der Waals surface area contributed by atoms with Crippen LogP contribution in [0.4, 0.5) is 8.78 Å². The molecule has 1 aromatic rings. The summed E-state index contributed by atoms with van der Waals surface area (Å²) in [6.45, 7) is 2.03. The second kappa shape index (κ2) is 7.54. The van der Waals surface area contributed by atoms with Gasteiger partial charge in [0.25, 0.3) is 0 Å². The van der Waals surface area contributed by atoms with Crippen molar-refractivity contribution in [2.45, 2.75) is 25.3 Å². The minimum absolute atomic E-state index is 0.0442. The fourth-order valence-electron chi connectivity index (χ4n) is 2.74. The molecule has 0 bridgehead atoms. The van der Waals surface area contributed by atoms with E-state index in [1.54, 1.807) is 19.0 Å². The normalized spacial score (nSPS) is 17.9. The van der Waals surface area contributed by atoms with E-state index in [0.29, 0.717) is 5.96 Å². The van der Waals surface area contributed by atoms with Crippen LogP contribution in [0.5, 0.6) is 0 Å². The second-order valence-corrected chi connectivity index (χ2v) is 5.86. The number of rotatable bonds is 4. The Hall–Kier alpha value is -1.69. The molecule has 0 amide bonds. The van der Waals surface area contributed by atoms with E-state index in [1.165, 1.54) is 24.6 Å². The second-order valence-electron chi connectivity index (χ2n) is 5.86. The Morgan fingerprint density at radius 1 is 1.23 bits per heavy atom. The Labute approximate surface area is 130 Å². The van der Waals surface area contributed by atoms with Crippen LogP contribution in [0.1, 0.15) is 30.9 Å². The van der Waals surface area contributed by atoms with E-state index in [-0.39, 0.29) is 12.1 Å². The summed E-state index contributed by atoms with van der Waals surface area (Å²) in [6, 6.07) is 3.43. The molecule has 1 atom stereocenters. The zero-order valence-electron chi connectivity index (χ0n) is 13.2. The van der Waals surface area contributed by atoms with Crippen LogP contribution < -0.4 is 5.73 Å². The highest BCUT2D eigenvalue weighted by atomic mass is 19.1. The number of hydrogen-bond acceptors (Lipinski definition) is 2. The van der Waals surface area contributed by atoms with Crippen molar-refractivity contribution in [1.29, 1.82) is 0 Å². The molecule has 0 spiro atoms. The van der Waals surface area contributed by atoms with Gasteiger partial charge >= 0.3 is 0 Å². The minimum atomic E-state index is -0.551. The van der Waals surface area contributed by atoms with E-state index >= 15 is 0 Å². The molecule has 6 heteroatoms. The molecule has 1 heterocycles. The van der Waals surface area contributed by atoms with Gasteiger partial charge in [0.1, 0.15) is 11.6 Å². The number of guanidine groups is 1. The Balaban J connectivity index is 2.15. The van der Waals surface area contributed by atoms with Crippen molar-refractivity contribution < 1.29 is 8.78 Å². The number of likely N-dealkylation sites (tertiary alicyclic amines) is 1. The lowest BCUT2D eigenvalue weighted by Gasteiger charge is -2.29. The van der Waals surface area contributed by atoms with Gasteiger partial charge in [0.15, 0.2) is 5.96 Å². The van der Waals surface area contributed by atoms with E-state index < -0.39 is 17.7 Å². The summed E-state index contributed by atoms with van der Waals surface area (Å²) in [4.78, 5) is 8.17. The smallest absolute Gasteiger partial charge is 0.191 e. The average Bonchev–Trinajstić information content (AvgIpc) is 2.50. The van der Waals surface area contributed by atoms with Crippen molar-refractivity contribution in [3.63, 3.8) is 0 Å². The lowest BCUT2D eigenvalue weighted by Crippen LogP contribution is -2.41. The van der Waals surface area contributed by atoms with E-state index in [9.17, 15) is 8.78 Å². The number of likely N-dealkylation sites (N-methyl/N-ethyl adjacent to an activating group) is 1. The van der Waals surface area contributed by atoms with Gasteiger partial charge in [-0.15, -0.1) is 0 Å². The van der Waals surface area contributed by atoms with Gasteiger partial charge in [-0.1, -0.05) is 6.07 Å². The van der Waals surface area contributed by atoms with Crippen molar-refractivity contribution in [2.75, 3.05) is 33.7 Å². The molecule has 1 aliphatic rings. The minimum Gasteiger partial charge on any atom is -0.370 e. The van der Waals surface area contributed by atoms with Gasteiger partial charge in [0.05, 0.1) is 12.6 Å². The standard InChI is InChI=1S/C16H24F2N4/c1-21(2)14(15-12(17)7-6-8-13(15)18)11-20-16(19)22-9-4-3-5-10-22/h6-8,14H,3-5,9-11H2,1-2H3,(H2,19,20). The van der Waals surface area contributed by atoms with Crippen LogP contribution in [-0.4, -0.2) is 49.5 Å². The summed E-state index contributed by atoms with van der Waals surface area (Å²) < 4.78 is 28.0. The van der Waals surface area contributed by atoms with Crippen LogP contribution in [0.3, 0.4) is 0 Å². The zero-order valence-corrected chi connectivity index (χ0v) is 13.2. The molecule has 22 heavy (non-hydrogen) atoms. The predicted molar refractivity (Wildman–Crippen MR) is 84.7 cm³/mol. The van der Waals surface area contributed by atoms with Gasteiger partial charge in [-0.05, 0) is 45.5 Å². The molecule has 122 valence electrons. The van der Waals surface area contributed by atoms with E-state index in [1.807, 2.05) is 4.90 Å². The van der Waals surface area contributed by atoms with Gasteiger partial charge in [-0.2, -0.15) is 0 Å². The number of piperidine rings is 1. The van der Waals surface area contributed by atoms with Gasteiger partial charge in [-0.25, -0.2) is 8.78 Å². The first kappa shape index (κ1) is 16.7. The number of aliphatic imine (C=N–C) groups is 1. The number of hydrogen-bond donors (Lipinski definition) is 1. The number of nitrogens with zero attached hydrogens (tertiary/aromatic N) is 3. The van der Waals surface area contributed by atoms with Gasteiger partial charge in [0.2, 0.25) is 0 Å². The fraction of sp³-hybridized carbons (Fsp3) is 0.562. The van der Waals surface area contributed by atoms with Gasteiger partial charge in [0, 0.05) is 18.7 Å². The maximum absolute atomic E-state index is 14.0. The molecular formula is C16H24F2N4. The largest absolute Gasteiger partial charge is 0.370 e. The van der Waals surface area contributed by atoms with Crippen LogP contribution >= 0.6 is 0 Å². The molecular weight excluding hydrogens is 286 g/mol. The summed E-state index contributed by atoms with van der Waals surface area (Å²) in [5.41, 5.74) is 6.07. The van der Waals surface area contributed by atoms with E-state index in [2.05, 4.69) is 4.99 Å². The topological polar surface area (TPSA) is 44.9 Å². The number of benzene rings is 1. The first-order valence-electron chi connectivity index (χ1n) is 7.66. The highest BCUT2D eigenvalue weighted by Crippen LogP contribution is 2.24. The van der Waals surface area contributed by atoms with Crippen LogP contribution in [0, 0.1) is 11.6 Å². The monoisotopic (exact) mass is 310 g/mol. The number of halogens is 2. The first-order chi connectivity index (χ1) is 10.5. The quantitative estimate of drug-likeness (QED) is 0.686. The van der Waals surface area contributed by atoms with Crippen molar-refractivity contribution in [2.24, 2.45) is 10.7 Å². The molecule has 0 radical (unpaired) electrons. The van der Waals surface area contributed by atoms with Crippen LogP contribution in [0.2, 0.25) is 0 Å². The van der Waals surface area contributed by atoms with E-state index in [4.69, 9.17) is 5.73 Å². The lowest BCUT2D eigenvalue weighted by atomic mass is 10.0. The van der Waals surface area contributed by atoms with Crippen molar-refractivity contribution in [3.8, 4) is 0 Å². The highest BCUT2D eigenvalue weighted by molar-refractivity contribution is 5.78. The summed E-state index contributed by atoms with van der Waals surface area (Å²) in [6.07, 6.45) is 3.43. The maximum atomic E-state index is 14.0. The van der Waals surface area contributed by atoms with Crippen LogP contribution in [0.25, 0.3) is 0 Å². The Kier molecular flexibility index (Phi) is 5.71. The molecule has 1 fully saturated rings. The molecule has 1 aromatic carbocycles. The van der Waals surface area contributed by atoms with Crippen molar-refractivity contribution in [1.82, 2.24) is 9.80 Å². The first-order valence-corrected chi connectivity index (χ1v) is 7.66. The SMILES string of the molecule is CN(C)C(CN=C(N)N1CCCCC1)c1c(F)cccc1F. The molecule has 2 rings (SSSR count). The molecule has 1 aliphatic heterocycles. The van der Waals surface area contributed by atoms with Crippen LogP contribution in [0.15, 0.2) is 23.2 Å². The number of nitrogens with two attached hydrogens (primary N) is 1. The molecule has 1 unspecified atom stereocenters. The summed E-state index contributed by atoms with van der Waals surface area (Å²) in [5.74, 6) is -0.640. The Morgan fingerprint density at radius 2 is 1.82 bits per heavy atom. The maximum Gasteiger partial charge on any atom is 0.191 e. The van der Waals surface area contributed by atoms with Gasteiger partial charge in [-0.3, -0.25) is 4.99 Å². The molecule has 0 saturated carbocycles. The predicted octanol–water partition coefficient (Wildman–Crippen LogP) is 2.37. The molecule has 0 aliphatic carbocycles. The van der Waals surface area contributed by atoms with Crippen molar-refractivity contribution >= 4 is 5.96 Å². The fourth-order valence-corrected chi connectivity index (χ4v) is 2.74. The van der Waals surface area contributed by atoms with Crippen LogP contribution in [-0.2, 0) is 0 Å². The third-order valence-corrected chi connectivity index (χ3v) is 4.06. The van der Waals surface area contributed by atoms with Crippen molar-refractivity contribution in [3.05, 3.63) is 35.4 Å². The molecule has 4 nitrogen and oxygen atoms in total. The third kappa shape index (κ3) is 3.94. The summed E-state index contributed by atoms with van der Waals surface area (Å²) >= 11 is 0.